The van der Waals surface area contributed by atoms with E-state index in [0.717, 1.165) is 44.1 Å². The van der Waals surface area contributed by atoms with Crippen LogP contribution in [-0.2, 0) is 17.6 Å². The highest BCUT2D eigenvalue weighted by molar-refractivity contribution is 5.23. The van der Waals surface area contributed by atoms with Crippen molar-refractivity contribution in [1.29, 1.82) is 0 Å². The van der Waals surface area contributed by atoms with E-state index in [1.54, 1.807) is 0 Å². The fourth-order valence-corrected chi connectivity index (χ4v) is 4.21. The zero-order chi connectivity index (χ0) is 14.2. The van der Waals surface area contributed by atoms with Gasteiger partial charge in [-0.1, -0.05) is 6.92 Å². The lowest BCUT2D eigenvalue weighted by atomic mass is 9.86. The van der Waals surface area contributed by atoms with Crippen LogP contribution in [0.25, 0.3) is 0 Å². The van der Waals surface area contributed by atoms with E-state index in [4.69, 9.17) is 14.7 Å². The van der Waals surface area contributed by atoms with Crippen LogP contribution in [0.3, 0.4) is 0 Å². The first-order chi connectivity index (χ1) is 10.3. The van der Waals surface area contributed by atoms with Gasteiger partial charge in [0.2, 0.25) is 0 Å². The van der Waals surface area contributed by atoms with Gasteiger partial charge in [-0.25, -0.2) is 9.97 Å². The Hall–Kier alpha value is -1.00. The van der Waals surface area contributed by atoms with Crippen molar-refractivity contribution >= 4 is 0 Å². The van der Waals surface area contributed by atoms with Crippen LogP contribution in [0.4, 0.5) is 0 Å². The van der Waals surface area contributed by atoms with Crippen LogP contribution in [0.2, 0.25) is 0 Å². The average Bonchev–Trinajstić information content (AvgIpc) is 3.15. The molecule has 1 aliphatic carbocycles. The molecule has 1 aromatic rings. The SMILES string of the molecule is CCNCC1CCc2nc(C3CC4CCC3O4)ncc2C1. The summed E-state index contributed by atoms with van der Waals surface area (Å²) in [6.45, 7) is 4.35. The maximum Gasteiger partial charge on any atom is 0.134 e. The second-order valence-corrected chi connectivity index (χ2v) is 6.83. The van der Waals surface area contributed by atoms with Gasteiger partial charge in [0.25, 0.3) is 0 Å². The number of aryl methyl sites for hydroxylation is 1. The second-order valence-electron chi connectivity index (χ2n) is 6.83. The molecule has 0 spiro atoms. The minimum Gasteiger partial charge on any atom is -0.374 e. The quantitative estimate of drug-likeness (QED) is 0.922. The Morgan fingerprint density at radius 1 is 1.33 bits per heavy atom. The van der Waals surface area contributed by atoms with Gasteiger partial charge in [-0.3, -0.25) is 0 Å². The van der Waals surface area contributed by atoms with Gasteiger partial charge >= 0.3 is 0 Å². The fraction of sp³-hybridized carbons (Fsp3) is 0.765. The molecule has 4 unspecified atom stereocenters. The highest BCUT2D eigenvalue weighted by atomic mass is 16.5. The molecule has 114 valence electrons. The Kier molecular flexibility index (Phi) is 3.67. The third-order valence-corrected chi connectivity index (χ3v) is 5.39. The van der Waals surface area contributed by atoms with Crippen LogP contribution in [0, 0.1) is 5.92 Å². The Morgan fingerprint density at radius 2 is 2.29 bits per heavy atom. The number of hydrogen-bond acceptors (Lipinski definition) is 4. The summed E-state index contributed by atoms with van der Waals surface area (Å²) in [7, 11) is 0. The molecule has 2 aliphatic heterocycles. The van der Waals surface area contributed by atoms with E-state index in [0.29, 0.717) is 18.1 Å². The van der Waals surface area contributed by atoms with E-state index < -0.39 is 0 Å². The molecule has 3 heterocycles. The number of hydrogen-bond donors (Lipinski definition) is 1. The first-order valence-corrected chi connectivity index (χ1v) is 8.54. The molecule has 4 rings (SSSR count). The predicted octanol–water partition coefficient (Wildman–Crippen LogP) is 2.23. The largest absolute Gasteiger partial charge is 0.374 e. The van der Waals surface area contributed by atoms with Gasteiger partial charge in [-0.05, 0) is 63.1 Å². The van der Waals surface area contributed by atoms with Crippen molar-refractivity contribution in [3.05, 3.63) is 23.3 Å². The van der Waals surface area contributed by atoms with Crippen molar-refractivity contribution in [3.8, 4) is 0 Å². The second kappa shape index (κ2) is 5.65. The molecule has 3 aliphatic rings. The summed E-state index contributed by atoms with van der Waals surface area (Å²) in [6, 6.07) is 0. The van der Waals surface area contributed by atoms with Crippen molar-refractivity contribution in [2.45, 2.75) is 63.6 Å². The lowest BCUT2D eigenvalue weighted by Crippen LogP contribution is -2.28. The molecule has 2 saturated heterocycles. The van der Waals surface area contributed by atoms with E-state index in [1.807, 2.05) is 0 Å². The average molecular weight is 287 g/mol. The molecule has 0 saturated carbocycles. The van der Waals surface area contributed by atoms with E-state index >= 15 is 0 Å². The smallest absolute Gasteiger partial charge is 0.134 e. The summed E-state index contributed by atoms with van der Waals surface area (Å²) in [6.07, 6.45) is 10.0. The molecule has 2 fully saturated rings. The normalized spacial score (nSPS) is 34.1. The van der Waals surface area contributed by atoms with Gasteiger partial charge < -0.3 is 10.1 Å². The number of nitrogens with one attached hydrogen (secondary N) is 1. The van der Waals surface area contributed by atoms with Crippen molar-refractivity contribution < 1.29 is 4.74 Å². The molecule has 0 aromatic carbocycles. The molecule has 21 heavy (non-hydrogen) atoms. The Bertz CT molecular complexity index is 519. The molecule has 4 heteroatoms. The molecular formula is C17H25N3O. The first-order valence-electron chi connectivity index (χ1n) is 8.54. The van der Waals surface area contributed by atoms with Gasteiger partial charge in [0.05, 0.1) is 12.2 Å². The van der Waals surface area contributed by atoms with Crippen LogP contribution >= 0.6 is 0 Å². The van der Waals surface area contributed by atoms with Crippen molar-refractivity contribution in [2.24, 2.45) is 5.92 Å². The highest BCUT2D eigenvalue weighted by Gasteiger charge is 2.43. The number of ether oxygens (including phenoxy) is 1. The topological polar surface area (TPSA) is 47.0 Å². The molecule has 0 radical (unpaired) electrons. The fourth-order valence-electron chi connectivity index (χ4n) is 4.21. The number of aromatic nitrogens is 2. The van der Waals surface area contributed by atoms with Crippen LogP contribution < -0.4 is 5.32 Å². The monoisotopic (exact) mass is 287 g/mol. The van der Waals surface area contributed by atoms with Crippen molar-refractivity contribution in [1.82, 2.24) is 15.3 Å². The summed E-state index contributed by atoms with van der Waals surface area (Å²) in [5.41, 5.74) is 2.67. The Balaban J connectivity index is 1.48. The van der Waals surface area contributed by atoms with Crippen LogP contribution in [0.5, 0.6) is 0 Å². The van der Waals surface area contributed by atoms with E-state index in [1.165, 1.54) is 30.5 Å². The lowest BCUT2D eigenvalue weighted by molar-refractivity contribution is 0.0998. The van der Waals surface area contributed by atoms with Gasteiger partial charge in [0.1, 0.15) is 5.82 Å². The molecule has 4 atom stereocenters. The Morgan fingerprint density at radius 3 is 3.05 bits per heavy atom. The molecule has 4 nitrogen and oxygen atoms in total. The molecule has 1 N–H and O–H groups in total. The van der Waals surface area contributed by atoms with Gasteiger partial charge in [0, 0.05) is 17.8 Å². The predicted molar refractivity (Wildman–Crippen MR) is 81.3 cm³/mol. The zero-order valence-corrected chi connectivity index (χ0v) is 12.8. The summed E-state index contributed by atoms with van der Waals surface area (Å²) < 4.78 is 5.96. The molecule has 2 bridgehead atoms. The lowest BCUT2D eigenvalue weighted by Gasteiger charge is -2.25. The van der Waals surface area contributed by atoms with E-state index in [-0.39, 0.29) is 0 Å². The molecule has 1 aromatic heterocycles. The standard InChI is InChI=1S/C17H25N3O/c1-2-18-9-11-3-5-15-12(7-11)10-19-17(20-15)14-8-13-4-6-16(14)21-13/h10-11,13-14,16,18H,2-9H2,1H3. The van der Waals surface area contributed by atoms with Crippen LogP contribution in [0.15, 0.2) is 6.20 Å². The molecular weight excluding hydrogens is 262 g/mol. The van der Waals surface area contributed by atoms with E-state index in [2.05, 4.69) is 18.4 Å². The first kappa shape index (κ1) is 13.6. The number of nitrogens with zero attached hydrogens (tertiary/aromatic N) is 2. The van der Waals surface area contributed by atoms with Crippen LogP contribution in [0.1, 0.15) is 55.6 Å². The summed E-state index contributed by atoms with van der Waals surface area (Å²) in [5, 5.41) is 3.47. The van der Waals surface area contributed by atoms with Gasteiger partial charge in [0.15, 0.2) is 0 Å². The number of fused-ring (bicyclic) bond motifs is 3. The van der Waals surface area contributed by atoms with Crippen LogP contribution in [-0.4, -0.2) is 35.3 Å². The maximum absolute atomic E-state index is 5.96. The van der Waals surface area contributed by atoms with Gasteiger partial charge in [-0.15, -0.1) is 0 Å². The zero-order valence-electron chi connectivity index (χ0n) is 12.8. The maximum atomic E-state index is 5.96. The third-order valence-electron chi connectivity index (χ3n) is 5.39. The Labute approximate surface area is 126 Å². The number of rotatable bonds is 4. The van der Waals surface area contributed by atoms with Crippen molar-refractivity contribution in [3.63, 3.8) is 0 Å². The third kappa shape index (κ3) is 2.59. The molecule has 0 amide bonds. The highest BCUT2D eigenvalue weighted by Crippen LogP contribution is 2.43. The minimum atomic E-state index is 0.387. The van der Waals surface area contributed by atoms with Gasteiger partial charge in [-0.2, -0.15) is 0 Å². The summed E-state index contributed by atoms with van der Waals surface area (Å²) in [4.78, 5) is 9.61. The van der Waals surface area contributed by atoms with E-state index in [9.17, 15) is 0 Å². The summed E-state index contributed by atoms with van der Waals surface area (Å²) >= 11 is 0. The van der Waals surface area contributed by atoms with Crippen molar-refractivity contribution in [2.75, 3.05) is 13.1 Å². The summed E-state index contributed by atoms with van der Waals surface area (Å²) in [5.74, 6) is 2.25. The minimum absolute atomic E-state index is 0.387.